The second kappa shape index (κ2) is 4.10. The van der Waals surface area contributed by atoms with Gasteiger partial charge < -0.3 is 5.11 Å². The van der Waals surface area contributed by atoms with E-state index in [-0.39, 0.29) is 5.03 Å². The molecule has 0 bridgehead atoms. The van der Waals surface area contributed by atoms with Crippen molar-refractivity contribution in [2.24, 2.45) is 0 Å². The van der Waals surface area contributed by atoms with Crippen LogP contribution in [0.15, 0.2) is 30.3 Å². The van der Waals surface area contributed by atoms with Gasteiger partial charge in [0.25, 0.3) is 0 Å². The Hall–Kier alpha value is -1.28. The van der Waals surface area contributed by atoms with Crippen molar-refractivity contribution >= 4 is 22.6 Å². The monoisotopic (exact) mass is 196 g/mol. The lowest BCUT2D eigenvalue weighted by Gasteiger charge is -1.98. The average Bonchev–Trinajstić information content (AvgIpc) is 2.04. The van der Waals surface area contributed by atoms with Gasteiger partial charge in [-0.3, -0.25) is 0 Å². The molecule has 0 aliphatic carbocycles. The summed E-state index contributed by atoms with van der Waals surface area (Å²) in [5, 5.41) is 8.68. The van der Waals surface area contributed by atoms with Gasteiger partial charge >= 0.3 is 5.97 Å². The normalized spacial score (nSPS) is 11.4. The summed E-state index contributed by atoms with van der Waals surface area (Å²) in [6.07, 6.45) is 0.978. The van der Waals surface area contributed by atoms with Crippen LogP contribution in [0, 0.1) is 6.92 Å². The molecule has 0 unspecified atom stereocenters. The van der Waals surface area contributed by atoms with Crippen molar-refractivity contribution < 1.29 is 9.90 Å². The molecule has 0 radical (unpaired) electrons. The van der Waals surface area contributed by atoms with Gasteiger partial charge in [0.1, 0.15) is 0 Å². The lowest BCUT2D eigenvalue weighted by Crippen LogP contribution is -1.88. The third-order valence-corrected chi connectivity index (χ3v) is 1.90. The largest absolute Gasteiger partial charge is 0.478 e. The van der Waals surface area contributed by atoms with Gasteiger partial charge in [-0.1, -0.05) is 41.4 Å². The van der Waals surface area contributed by atoms with Crippen molar-refractivity contribution in [2.75, 3.05) is 0 Å². The van der Waals surface area contributed by atoms with E-state index in [1.807, 2.05) is 19.1 Å². The minimum atomic E-state index is -1.04. The second-order valence-corrected chi connectivity index (χ2v) is 3.10. The van der Waals surface area contributed by atoms with Gasteiger partial charge in [0.15, 0.2) is 0 Å². The highest BCUT2D eigenvalue weighted by Crippen LogP contribution is 2.18. The van der Waals surface area contributed by atoms with Gasteiger partial charge in [-0.05, 0) is 12.5 Å². The van der Waals surface area contributed by atoms with Crippen LogP contribution in [0.5, 0.6) is 0 Å². The van der Waals surface area contributed by atoms with E-state index in [0.717, 1.165) is 17.2 Å². The molecule has 0 spiro atoms. The number of halogens is 1. The molecule has 0 aromatic heterocycles. The number of carbonyl (C=O) groups is 1. The molecule has 0 aliphatic heterocycles. The van der Waals surface area contributed by atoms with Crippen molar-refractivity contribution in [1.29, 1.82) is 0 Å². The molecule has 1 N–H and O–H groups in total. The first kappa shape index (κ1) is 9.81. The molecule has 1 rings (SSSR count). The average molecular weight is 197 g/mol. The van der Waals surface area contributed by atoms with E-state index in [0.29, 0.717) is 0 Å². The summed E-state index contributed by atoms with van der Waals surface area (Å²) in [5.74, 6) is -1.04. The van der Waals surface area contributed by atoms with Gasteiger partial charge in [-0.15, -0.1) is 0 Å². The number of aryl methyl sites for hydroxylation is 1. The first-order chi connectivity index (χ1) is 6.09. The molecule has 2 nitrogen and oxygen atoms in total. The SMILES string of the molecule is Cc1ccc(/C(Cl)=C\C(=O)O)cc1. The van der Waals surface area contributed by atoms with E-state index in [2.05, 4.69) is 0 Å². The fourth-order valence-electron chi connectivity index (χ4n) is 0.905. The van der Waals surface area contributed by atoms with Crippen molar-refractivity contribution in [3.63, 3.8) is 0 Å². The molecule has 0 aliphatic rings. The first-order valence-electron chi connectivity index (χ1n) is 3.77. The number of benzene rings is 1. The molecule has 1 aromatic carbocycles. The van der Waals surface area contributed by atoms with Gasteiger partial charge in [0.05, 0.1) is 5.03 Å². The van der Waals surface area contributed by atoms with Crippen LogP contribution >= 0.6 is 11.6 Å². The number of carboxylic acids is 1. The zero-order valence-electron chi connectivity index (χ0n) is 7.12. The van der Waals surface area contributed by atoms with Crippen molar-refractivity contribution in [3.8, 4) is 0 Å². The van der Waals surface area contributed by atoms with E-state index < -0.39 is 5.97 Å². The molecule has 3 heteroatoms. The number of hydrogen-bond donors (Lipinski definition) is 1. The van der Waals surface area contributed by atoms with Gasteiger partial charge in [0.2, 0.25) is 0 Å². The highest BCUT2D eigenvalue weighted by atomic mass is 35.5. The quantitative estimate of drug-likeness (QED) is 0.739. The molecule has 0 fully saturated rings. The Bertz CT molecular complexity index is 338. The van der Waals surface area contributed by atoms with Crippen LogP contribution in [0.2, 0.25) is 0 Å². The maximum atomic E-state index is 10.3. The lowest BCUT2D eigenvalue weighted by molar-refractivity contribution is -0.131. The topological polar surface area (TPSA) is 37.3 Å². The smallest absolute Gasteiger partial charge is 0.329 e. The van der Waals surface area contributed by atoms with Gasteiger partial charge in [-0.25, -0.2) is 4.79 Å². The molecule has 0 atom stereocenters. The van der Waals surface area contributed by atoms with Crippen LogP contribution in [0.25, 0.3) is 5.03 Å². The molecular weight excluding hydrogens is 188 g/mol. The number of rotatable bonds is 2. The highest BCUT2D eigenvalue weighted by molar-refractivity contribution is 6.50. The molecule has 0 heterocycles. The fourth-order valence-corrected chi connectivity index (χ4v) is 1.12. The van der Waals surface area contributed by atoms with Crippen LogP contribution in [0.3, 0.4) is 0 Å². The molecule has 0 amide bonds. The minimum absolute atomic E-state index is 0.243. The standard InChI is InChI=1S/C10H9ClO2/c1-7-2-4-8(5-3-7)9(11)6-10(12)13/h2-6H,1H3,(H,12,13)/b9-6+. The molecule has 13 heavy (non-hydrogen) atoms. The van der Waals surface area contributed by atoms with E-state index in [9.17, 15) is 4.79 Å². The minimum Gasteiger partial charge on any atom is -0.478 e. The summed E-state index contributed by atoms with van der Waals surface area (Å²) < 4.78 is 0. The van der Waals surface area contributed by atoms with Crippen molar-refractivity contribution in [2.45, 2.75) is 6.92 Å². The van der Waals surface area contributed by atoms with E-state index in [1.165, 1.54) is 0 Å². The zero-order chi connectivity index (χ0) is 9.84. The molecule has 68 valence electrons. The Kier molecular flexibility index (Phi) is 3.09. The first-order valence-corrected chi connectivity index (χ1v) is 4.14. The Labute approximate surface area is 81.5 Å². The Morgan fingerprint density at radius 1 is 1.38 bits per heavy atom. The summed E-state index contributed by atoms with van der Waals surface area (Å²) in [6.45, 7) is 1.96. The summed E-state index contributed by atoms with van der Waals surface area (Å²) in [7, 11) is 0. The van der Waals surface area contributed by atoms with Gasteiger partial charge in [-0.2, -0.15) is 0 Å². The molecular formula is C10H9ClO2. The fraction of sp³-hybridized carbons (Fsp3) is 0.100. The lowest BCUT2D eigenvalue weighted by atomic mass is 10.1. The summed E-state index contributed by atoms with van der Waals surface area (Å²) in [5.41, 5.74) is 1.83. The van der Waals surface area contributed by atoms with Crippen molar-refractivity contribution in [1.82, 2.24) is 0 Å². The van der Waals surface area contributed by atoms with Crippen LogP contribution in [-0.4, -0.2) is 11.1 Å². The highest BCUT2D eigenvalue weighted by Gasteiger charge is 1.99. The Morgan fingerprint density at radius 3 is 2.38 bits per heavy atom. The van der Waals surface area contributed by atoms with E-state index in [1.54, 1.807) is 12.1 Å². The number of hydrogen-bond acceptors (Lipinski definition) is 1. The van der Waals surface area contributed by atoms with Crippen LogP contribution < -0.4 is 0 Å². The Morgan fingerprint density at radius 2 is 1.92 bits per heavy atom. The number of carboxylic acid groups (broad SMARTS) is 1. The van der Waals surface area contributed by atoms with Crippen molar-refractivity contribution in [3.05, 3.63) is 41.5 Å². The third kappa shape index (κ3) is 2.92. The zero-order valence-corrected chi connectivity index (χ0v) is 7.88. The molecule has 0 saturated carbocycles. The Balaban J connectivity index is 2.96. The van der Waals surface area contributed by atoms with E-state index in [4.69, 9.17) is 16.7 Å². The van der Waals surface area contributed by atoms with Crippen LogP contribution in [0.1, 0.15) is 11.1 Å². The van der Waals surface area contributed by atoms with Crippen LogP contribution in [0.4, 0.5) is 0 Å². The maximum Gasteiger partial charge on any atom is 0.329 e. The third-order valence-electron chi connectivity index (χ3n) is 1.58. The predicted molar refractivity (Wildman–Crippen MR) is 52.6 cm³/mol. The summed E-state index contributed by atoms with van der Waals surface area (Å²) in [4.78, 5) is 10.3. The van der Waals surface area contributed by atoms with Crippen LogP contribution in [-0.2, 0) is 4.79 Å². The maximum absolute atomic E-state index is 10.3. The molecule has 0 saturated heterocycles. The van der Waals surface area contributed by atoms with Gasteiger partial charge in [0, 0.05) is 6.08 Å². The van der Waals surface area contributed by atoms with E-state index >= 15 is 0 Å². The number of aliphatic carboxylic acids is 1. The summed E-state index contributed by atoms with van der Waals surface area (Å²) in [6, 6.07) is 7.34. The summed E-state index contributed by atoms with van der Waals surface area (Å²) >= 11 is 5.73. The molecule has 1 aromatic rings. The predicted octanol–water partition coefficient (Wildman–Crippen LogP) is 2.66. The second-order valence-electron chi connectivity index (χ2n) is 2.70.